The van der Waals surface area contributed by atoms with E-state index in [9.17, 15) is 4.79 Å². The van der Waals surface area contributed by atoms with Crippen LogP contribution in [0.25, 0.3) is 0 Å². The molecule has 0 saturated carbocycles. The van der Waals surface area contributed by atoms with Crippen LogP contribution in [0.5, 0.6) is 0 Å². The standard InChI is InChI=1S/C12H21N3O2/c1-3-5-6-14-12(17)11(9-13)10-15(4-2)7-8-16/h10,16H,3-8H2,1-2H3,(H,14,17)/b11-10-. The third-order valence-corrected chi connectivity index (χ3v) is 2.29. The van der Waals surface area contributed by atoms with Crippen LogP contribution in [-0.4, -0.2) is 42.2 Å². The summed E-state index contributed by atoms with van der Waals surface area (Å²) in [6, 6.07) is 1.88. The zero-order valence-electron chi connectivity index (χ0n) is 10.6. The predicted molar refractivity (Wildman–Crippen MR) is 65.9 cm³/mol. The Bertz CT molecular complexity index is 295. The summed E-state index contributed by atoms with van der Waals surface area (Å²) in [7, 11) is 0. The van der Waals surface area contributed by atoms with Gasteiger partial charge in [-0.1, -0.05) is 13.3 Å². The molecule has 0 atom stereocenters. The topological polar surface area (TPSA) is 76.4 Å². The number of carbonyl (C=O) groups is 1. The largest absolute Gasteiger partial charge is 0.395 e. The summed E-state index contributed by atoms with van der Waals surface area (Å²) in [5.74, 6) is -0.350. The number of rotatable bonds is 8. The van der Waals surface area contributed by atoms with E-state index in [0.717, 1.165) is 12.8 Å². The lowest BCUT2D eigenvalue weighted by Crippen LogP contribution is -2.28. The third-order valence-electron chi connectivity index (χ3n) is 2.29. The number of nitriles is 1. The van der Waals surface area contributed by atoms with Gasteiger partial charge in [0.25, 0.3) is 5.91 Å². The Morgan fingerprint density at radius 1 is 1.53 bits per heavy atom. The molecule has 0 spiro atoms. The molecule has 96 valence electrons. The second-order valence-electron chi connectivity index (χ2n) is 3.62. The lowest BCUT2D eigenvalue weighted by molar-refractivity contribution is -0.117. The van der Waals surface area contributed by atoms with E-state index in [1.807, 2.05) is 19.9 Å². The number of aliphatic hydroxyl groups excluding tert-OH is 1. The maximum absolute atomic E-state index is 11.6. The summed E-state index contributed by atoms with van der Waals surface area (Å²) < 4.78 is 0. The molecule has 2 N–H and O–H groups in total. The summed E-state index contributed by atoms with van der Waals surface area (Å²) in [5, 5.41) is 20.4. The summed E-state index contributed by atoms with van der Waals surface area (Å²) in [4.78, 5) is 13.3. The third kappa shape index (κ3) is 6.59. The Kier molecular flexibility index (Phi) is 8.79. The molecule has 0 fully saturated rings. The molecule has 0 aromatic rings. The normalized spacial score (nSPS) is 10.8. The smallest absolute Gasteiger partial charge is 0.263 e. The predicted octanol–water partition coefficient (Wildman–Crippen LogP) is 0.624. The number of hydrogen-bond acceptors (Lipinski definition) is 4. The van der Waals surface area contributed by atoms with Gasteiger partial charge >= 0.3 is 0 Å². The molecule has 0 aromatic heterocycles. The van der Waals surface area contributed by atoms with Crippen molar-refractivity contribution in [3.8, 4) is 6.07 Å². The van der Waals surface area contributed by atoms with Gasteiger partial charge in [-0.3, -0.25) is 4.79 Å². The van der Waals surface area contributed by atoms with Crippen LogP contribution < -0.4 is 5.32 Å². The van der Waals surface area contributed by atoms with E-state index in [1.165, 1.54) is 6.20 Å². The second kappa shape index (κ2) is 9.67. The molecule has 5 heteroatoms. The van der Waals surface area contributed by atoms with Gasteiger partial charge in [-0.15, -0.1) is 0 Å². The number of amides is 1. The quantitative estimate of drug-likeness (QED) is 0.370. The van der Waals surface area contributed by atoms with Crippen LogP contribution in [0.2, 0.25) is 0 Å². The van der Waals surface area contributed by atoms with Crippen LogP contribution in [0.1, 0.15) is 26.7 Å². The van der Waals surface area contributed by atoms with E-state index < -0.39 is 0 Å². The molecular formula is C12H21N3O2. The molecule has 0 radical (unpaired) electrons. The number of aliphatic hydroxyl groups is 1. The van der Waals surface area contributed by atoms with E-state index in [0.29, 0.717) is 19.6 Å². The fraction of sp³-hybridized carbons (Fsp3) is 0.667. The molecule has 0 aliphatic heterocycles. The van der Waals surface area contributed by atoms with Gasteiger partial charge in [0.15, 0.2) is 0 Å². The zero-order valence-corrected chi connectivity index (χ0v) is 10.6. The van der Waals surface area contributed by atoms with Gasteiger partial charge in [-0.2, -0.15) is 5.26 Å². The van der Waals surface area contributed by atoms with Crippen LogP contribution in [0, 0.1) is 11.3 Å². The number of nitrogens with zero attached hydrogens (tertiary/aromatic N) is 2. The first-order chi connectivity index (χ1) is 8.19. The van der Waals surface area contributed by atoms with Crippen molar-refractivity contribution < 1.29 is 9.90 Å². The van der Waals surface area contributed by atoms with Crippen molar-refractivity contribution in [2.45, 2.75) is 26.7 Å². The minimum atomic E-state index is -0.350. The highest BCUT2D eigenvalue weighted by Crippen LogP contribution is 1.98. The van der Waals surface area contributed by atoms with E-state index >= 15 is 0 Å². The van der Waals surface area contributed by atoms with Gasteiger partial charge in [0.05, 0.1) is 6.61 Å². The molecule has 0 aliphatic rings. The maximum atomic E-state index is 11.6. The monoisotopic (exact) mass is 239 g/mol. The minimum absolute atomic E-state index is 0.000498. The van der Waals surface area contributed by atoms with Crippen LogP contribution in [0.4, 0.5) is 0 Å². The SMILES string of the molecule is CCCCNC(=O)/C(C#N)=C\N(CC)CCO. The summed E-state index contributed by atoms with van der Waals surface area (Å²) >= 11 is 0. The Hall–Kier alpha value is -1.54. The molecule has 0 aliphatic carbocycles. The van der Waals surface area contributed by atoms with E-state index in [2.05, 4.69) is 5.32 Å². The van der Waals surface area contributed by atoms with E-state index in [-0.39, 0.29) is 18.1 Å². The van der Waals surface area contributed by atoms with Gasteiger partial charge in [0.2, 0.25) is 0 Å². The molecule has 0 unspecified atom stereocenters. The molecule has 0 saturated heterocycles. The zero-order chi connectivity index (χ0) is 13.1. The molecule has 5 nitrogen and oxygen atoms in total. The van der Waals surface area contributed by atoms with Crippen molar-refractivity contribution in [3.63, 3.8) is 0 Å². The minimum Gasteiger partial charge on any atom is -0.395 e. The Labute approximate surface area is 103 Å². The first-order valence-electron chi connectivity index (χ1n) is 5.94. The lowest BCUT2D eigenvalue weighted by atomic mass is 10.2. The van der Waals surface area contributed by atoms with Crippen LogP contribution in [-0.2, 0) is 4.79 Å². The van der Waals surface area contributed by atoms with Crippen molar-refractivity contribution in [3.05, 3.63) is 11.8 Å². The average molecular weight is 239 g/mol. The fourth-order valence-electron chi connectivity index (χ4n) is 1.24. The first kappa shape index (κ1) is 15.5. The van der Waals surface area contributed by atoms with Gasteiger partial charge in [-0.25, -0.2) is 0 Å². The van der Waals surface area contributed by atoms with E-state index in [1.54, 1.807) is 4.90 Å². The van der Waals surface area contributed by atoms with E-state index in [4.69, 9.17) is 10.4 Å². The highest BCUT2D eigenvalue weighted by Gasteiger charge is 2.09. The van der Waals surface area contributed by atoms with Crippen molar-refractivity contribution in [1.82, 2.24) is 10.2 Å². The highest BCUT2D eigenvalue weighted by molar-refractivity contribution is 5.97. The number of carbonyl (C=O) groups excluding carboxylic acids is 1. The Morgan fingerprint density at radius 2 is 2.24 bits per heavy atom. The Morgan fingerprint density at radius 3 is 2.71 bits per heavy atom. The Balaban J connectivity index is 4.42. The number of hydrogen-bond donors (Lipinski definition) is 2. The molecule has 0 aromatic carbocycles. The van der Waals surface area contributed by atoms with Crippen molar-refractivity contribution >= 4 is 5.91 Å². The molecular weight excluding hydrogens is 218 g/mol. The van der Waals surface area contributed by atoms with Gasteiger partial charge in [-0.05, 0) is 13.3 Å². The molecule has 0 rings (SSSR count). The summed E-state index contributed by atoms with van der Waals surface area (Å²) in [6.07, 6.45) is 3.40. The van der Waals surface area contributed by atoms with Crippen LogP contribution in [0.15, 0.2) is 11.8 Å². The average Bonchev–Trinajstić information content (AvgIpc) is 2.34. The summed E-state index contributed by atoms with van der Waals surface area (Å²) in [5.41, 5.74) is 0.0800. The van der Waals surface area contributed by atoms with Gasteiger partial charge in [0, 0.05) is 25.8 Å². The van der Waals surface area contributed by atoms with Crippen molar-refractivity contribution in [2.75, 3.05) is 26.2 Å². The highest BCUT2D eigenvalue weighted by atomic mass is 16.3. The molecule has 0 heterocycles. The van der Waals surface area contributed by atoms with Crippen molar-refractivity contribution in [1.29, 1.82) is 5.26 Å². The first-order valence-corrected chi connectivity index (χ1v) is 5.94. The van der Waals surface area contributed by atoms with Gasteiger partial charge < -0.3 is 15.3 Å². The number of unbranched alkanes of at least 4 members (excludes halogenated alkanes) is 1. The van der Waals surface area contributed by atoms with Crippen LogP contribution >= 0.6 is 0 Å². The fourth-order valence-corrected chi connectivity index (χ4v) is 1.24. The molecule has 0 bridgehead atoms. The second-order valence-corrected chi connectivity index (χ2v) is 3.62. The van der Waals surface area contributed by atoms with Gasteiger partial charge in [0.1, 0.15) is 11.6 Å². The van der Waals surface area contributed by atoms with Crippen molar-refractivity contribution in [2.24, 2.45) is 0 Å². The lowest BCUT2D eigenvalue weighted by Gasteiger charge is -2.16. The van der Waals surface area contributed by atoms with Crippen LogP contribution in [0.3, 0.4) is 0 Å². The number of nitrogens with one attached hydrogen (secondary N) is 1. The molecule has 1 amide bonds. The maximum Gasteiger partial charge on any atom is 0.263 e. The summed E-state index contributed by atoms with van der Waals surface area (Å²) in [6.45, 7) is 5.59. The molecule has 17 heavy (non-hydrogen) atoms. The number of likely N-dealkylation sites (N-methyl/N-ethyl adjacent to an activating group) is 1.